The van der Waals surface area contributed by atoms with Crippen LogP contribution in [-0.4, -0.2) is 0 Å². The van der Waals surface area contributed by atoms with Crippen molar-refractivity contribution in [3.05, 3.63) is 48.9 Å². The lowest BCUT2D eigenvalue weighted by atomic mass is 10.0. The Kier molecular flexibility index (Phi) is 2.48. The van der Waals surface area contributed by atoms with Crippen LogP contribution in [0.25, 0.3) is 5.57 Å². The van der Waals surface area contributed by atoms with Crippen molar-refractivity contribution in [1.29, 1.82) is 0 Å². The summed E-state index contributed by atoms with van der Waals surface area (Å²) in [5.74, 6) is 0. The molecule has 1 radical (unpaired) electrons. The summed E-state index contributed by atoms with van der Waals surface area (Å²) in [6.45, 7) is 9.72. The van der Waals surface area contributed by atoms with Gasteiger partial charge < -0.3 is 0 Å². The van der Waals surface area contributed by atoms with E-state index < -0.39 is 0 Å². The van der Waals surface area contributed by atoms with E-state index in [1.807, 2.05) is 13.0 Å². The predicted octanol–water partition coefficient (Wildman–Crippen LogP) is 3.10. The van der Waals surface area contributed by atoms with Gasteiger partial charge in [-0.1, -0.05) is 36.4 Å². The third-order valence-electron chi connectivity index (χ3n) is 1.71. The number of hydrogen-bond acceptors (Lipinski definition) is 0. The monoisotopic (exact) mass is 145 g/mol. The third kappa shape index (κ3) is 1.94. The lowest BCUT2D eigenvalue weighted by Crippen LogP contribution is -1.82. The summed E-state index contributed by atoms with van der Waals surface area (Å²) < 4.78 is 0. The first-order valence-electron chi connectivity index (χ1n) is 3.78. The topological polar surface area (TPSA) is 0 Å². The first-order valence-corrected chi connectivity index (χ1v) is 3.78. The number of allylic oxidation sites excluding steroid dienone is 1. The minimum absolute atomic E-state index is 0.848. The van der Waals surface area contributed by atoms with Crippen LogP contribution in [0.3, 0.4) is 0 Å². The van der Waals surface area contributed by atoms with Gasteiger partial charge in [-0.25, -0.2) is 0 Å². The number of benzene rings is 1. The van der Waals surface area contributed by atoms with E-state index in [-0.39, 0.29) is 0 Å². The number of rotatable bonds is 2. The Labute approximate surface area is 68.6 Å². The summed E-state index contributed by atoms with van der Waals surface area (Å²) >= 11 is 0. The van der Waals surface area contributed by atoms with Crippen molar-refractivity contribution in [2.75, 3.05) is 0 Å². The second-order valence-electron chi connectivity index (χ2n) is 2.73. The minimum atomic E-state index is 0.848. The molecule has 0 aromatic heterocycles. The van der Waals surface area contributed by atoms with E-state index in [0.29, 0.717) is 0 Å². The first kappa shape index (κ1) is 8.06. The molecule has 0 saturated carbocycles. The molecule has 0 atom stereocenters. The molecule has 57 valence electrons. The van der Waals surface area contributed by atoms with Gasteiger partial charge in [-0.15, -0.1) is 0 Å². The Morgan fingerprint density at radius 1 is 1.45 bits per heavy atom. The van der Waals surface area contributed by atoms with Crippen LogP contribution < -0.4 is 0 Å². The van der Waals surface area contributed by atoms with Gasteiger partial charge in [0.1, 0.15) is 0 Å². The summed E-state index contributed by atoms with van der Waals surface area (Å²) in [6, 6.07) is 8.33. The molecule has 1 rings (SSSR count). The smallest absolute Gasteiger partial charge is 0.0231 e. The largest absolute Gasteiger partial charge is 0.0955 e. The van der Waals surface area contributed by atoms with Crippen LogP contribution in [0.5, 0.6) is 0 Å². The van der Waals surface area contributed by atoms with Gasteiger partial charge in [-0.05, 0) is 31.4 Å². The Balaban J connectivity index is 3.01. The molecule has 0 aliphatic carbocycles. The average Bonchev–Trinajstić information content (AvgIpc) is 2.05. The van der Waals surface area contributed by atoms with Crippen molar-refractivity contribution in [3.63, 3.8) is 0 Å². The van der Waals surface area contributed by atoms with E-state index >= 15 is 0 Å². The SMILES string of the molecule is [CH2]Cc1cccc(C(=C)C)c1. The molecule has 0 unspecified atom stereocenters. The predicted molar refractivity (Wildman–Crippen MR) is 50.2 cm³/mol. The molecule has 1 aromatic rings. The van der Waals surface area contributed by atoms with Crippen LogP contribution in [0, 0.1) is 6.92 Å². The Bertz CT molecular complexity index is 258. The van der Waals surface area contributed by atoms with Crippen LogP contribution in [0.4, 0.5) is 0 Å². The quantitative estimate of drug-likeness (QED) is 0.600. The van der Waals surface area contributed by atoms with Crippen LogP contribution >= 0.6 is 0 Å². The standard InChI is InChI=1S/C11H13/c1-4-10-6-5-7-11(8-10)9(2)3/h5-8H,1-2,4H2,3H3. The van der Waals surface area contributed by atoms with Crippen LogP contribution in [0.1, 0.15) is 18.1 Å². The van der Waals surface area contributed by atoms with Crippen LogP contribution in [-0.2, 0) is 6.42 Å². The summed E-state index contributed by atoms with van der Waals surface area (Å²) in [6.07, 6.45) is 0.848. The van der Waals surface area contributed by atoms with Gasteiger partial charge in [-0.2, -0.15) is 0 Å². The van der Waals surface area contributed by atoms with Gasteiger partial charge in [-0.3, -0.25) is 0 Å². The van der Waals surface area contributed by atoms with Gasteiger partial charge in [0.05, 0.1) is 0 Å². The van der Waals surface area contributed by atoms with Crippen molar-refractivity contribution in [2.24, 2.45) is 0 Å². The Morgan fingerprint density at radius 3 is 2.73 bits per heavy atom. The van der Waals surface area contributed by atoms with Gasteiger partial charge in [0.2, 0.25) is 0 Å². The average molecular weight is 145 g/mol. The van der Waals surface area contributed by atoms with Gasteiger partial charge in [0, 0.05) is 0 Å². The fourth-order valence-corrected chi connectivity index (χ4v) is 0.992. The molecule has 0 N–H and O–H groups in total. The molecule has 0 nitrogen and oxygen atoms in total. The van der Waals surface area contributed by atoms with Crippen molar-refractivity contribution in [1.82, 2.24) is 0 Å². The maximum atomic E-state index is 3.88. The fraction of sp³-hybridized carbons (Fsp3) is 0.182. The molecule has 0 saturated heterocycles. The van der Waals surface area contributed by atoms with E-state index in [2.05, 4.69) is 31.7 Å². The molecule has 11 heavy (non-hydrogen) atoms. The van der Waals surface area contributed by atoms with E-state index in [0.717, 1.165) is 12.0 Å². The summed E-state index contributed by atoms with van der Waals surface area (Å²) in [5, 5.41) is 0. The van der Waals surface area contributed by atoms with E-state index in [1.54, 1.807) is 0 Å². The Morgan fingerprint density at radius 2 is 2.18 bits per heavy atom. The van der Waals surface area contributed by atoms with Crippen LogP contribution in [0.15, 0.2) is 30.8 Å². The zero-order valence-corrected chi connectivity index (χ0v) is 6.93. The highest BCUT2D eigenvalue weighted by atomic mass is 14.0. The molecule has 0 aliphatic heterocycles. The van der Waals surface area contributed by atoms with E-state index in [1.165, 1.54) is 11.1 Å². The molecule has 0 amide bonds. The number of hydrogen-bond donors (Lipinski definition) is 0. The maximum Gasteiger partial charge on any atom is -0.0231 e. The molecule has 0 spiro atoms. The minimum Gasteiger partial charge on any atom is -0.0955 e. The first-order chi connectivity index (χ1) is 5.24. The van der Waals surface area contributed by atoms with Crippen molar-refractivity contribution in [3.8, 4) is 0 Å². The lowest BCUT2D eigenvalue weighted by Gasteiger charge is -2.01. The molecule has 0 fully saturated rings. The highest BCUT2D eigenvalue weighted by Gasteiger charge is 1.93. The third-order valence-corrected chi connectivity index (χ3v) is 1.71. The summed E-state index contributed by atoms with van der Waals surface area (Å²) in [4.78, 5) is 0. The highest BCUT2D eigenvalue weighted by Crippen LogP contribution is 2.13. The summed E-state index contributed by atoms with van der Waals surface area (Å²) in [7, 11) is 0. The zero-order valence-electron chi connectivity index (χ0n) is 6.93. The molecule has 0 heterocycles. The summed E-state index contributed by atoms with van der Waals surface area (Å²) in [5.41, 5.74) is 3.59. The molecular weight excluding hydrogens is 132 g/mol. The highest BCUT2D eigenvalue weighted by molar-refractivity contribution is 5.61. The van der Waals surface area contributed by atoms with Crippen LogP contribution in [0.2, 0.25) is 0 Å². The van der Waals surface area contributed by atoms with Gasteiger partial charge in [0.15, 0.2) is 0 Å². The van der Waals surface area contributed by atoms with Gasteiger partial charge >= 0.3 is 0 Å². The second kappa shape index (κ2) is 3.38. The molecular formula is C11H13. The van der Waals surface area contributed by atoms with Crippen molar-refractivity contribution >= 4 is 5.57 Å². The second-order valence-corrected chi connectivity index (χ2v) is 2.73. The Hall–Kier alpha value is -1.04. The van der Waals surface area contributed by atoms with Crippen molar-refractivity contribution < 1.29 is 0 Å². The molecule has 1 aromatic carbocycles. The van der Waals surface area contributed by atoms with E-state index in [4.69, 9.17) is 0 Å². The van der Waals surface area contributed by atoms with E-state index in [9.17, 15) is 0 Å². The molecule has 0 aliphatic rings. The molecule has 0 heteroatoms. The van der Waals surface area contributed by atoms with Gasteiger partial charge in [0.25, 0.3) is 0 Å². The zero-order chi connectivity index (χ0) is 8.27. The maximum absolute atomic E-state index is 3.88. The normalized spacial score (nSPS) is 9.64. The lowest BCUT2D eigenvalue weighted by molar-refractivity contribution is 1.26. The molecule has 0 bridgehead atoms. The fourth-order valence-electron chi connectivity index (χ4n) is 0.992. The van der Waals surface area contributed by atoms with Crippen molar-refractivity contribution in [2.45, 2.75) is 13.3 Å².